The average Bonchev–Trinajstić information content (AvgIpc) is 3.48. The molecular weight excluding hydrogens is 573 g/mol. The molecule has 0 saturated carbocycles. The van der Waals surface area contributed by atoms with Gasteiger partial charge in [-0.1, -0.05) is 13.0 Å². The molecule has 12 nitrogen and oxygen atoms in total. The summed E-state index contributed by atoms with van der Waals surface area (Å²) < 4.78 is 30.5. The van der Waals surface area contributed by atoms with Crippen LogP contribution in [0.4, 0.5) is 31.0 Å². The van der Waals surface area contributed by atoms with Crippen LogP contribution < -0.4 is 30.2 Å². The third-order valence-electron chi connectivity index (χ3n) is 7.47. The maximum atomic E-state index is 13.7. The summed E-state index contributed by atoms with van der Waals surface area (Å²) in [5.41, 5.74) is 1.32. The van der Waals surface area contributed by atoms with Crippen molar-refractivity contribution < 1.29 is 38.1 Å². The number of amides is 5. The lowest BCUT2D eigenvalue weighted by atomic mass is 9.99. The van der Waals surface area contributed by atoms with Crippen molar-refractivity contribution in [3.05, 3.63) is 72.0 Å². The normalized spacial score (nSPS) is 17.8. The minimum atomic E-state index is -0.626. The number of aliphatic hydroxyl groups excluding tert-OH is 1. The molecule has 0 bridgehead atoms. The van der Waals surface area contributed by atoms with Gasteiger partial charge in [0, 0.05) is 37.0 Å². The number of anilines is 3. The highest BCUT2D eigenvalue weighted by Gasteiger charge is 2.35. The van der Waals surface area contributed by atoms with Crippen LogP contribution in [0.15, 0.2) is 60.7 Å². The van der Waals surface area contributed by atoms with Crippen LogP contribution >= 0.6 is 0 Å². The zero-order valence-electron chi connectivity index (χ0n) is 24.5. The van der Waals surface area contributed by atoms with E-state index in [0.29, 0.717) is 22.9 Å². The molecule has 3 aromatic carbocycles. The minimum absolute atomic E-state index is 0.0983. The van der Waals surface area contributed by atoms with Gasteiger partial charge in [-0.2, -0.15) is 0 Å². The van der Waals surface area contributed by atoms with Crippen LogP contribution in [0, 0.1) is 11.7 Å². The first-order chi connectivity index (χ1) is 21.1. The van der Waals surface area contributed by atoms with Crippen LogP contribution in [0.2, 0.25) is 0 Å². The summed E-state index contributed by atoms with van der Waals surface area (Å²) in [5, 5.41) is 18.2. The Hall–Kier alpha value is -5.04. The van der Waals surface area contributed by atoms with Gasteiger partial charge in [-0.05, 0) is 55.5 Å². The maximum absolute atomic E-state index is 13.7. The molecule has 232 valence electrons. The lowest BCUT2D eigenvalue weighted by Gasteiger charge is -2.38. The number of hydrogen-bond donors (Lipinski definition) is 4. The molecule has 44 heavy (non-hydrogen) atoms. The molecule has 5 rings (SSSR count). The Morgan fingerprint density at radius 3 is 2.52 bits per heavy atom. The molecule has 2 aliphatic rings. The molecule has 0 aromatic heterocycles. The van der Waals surface area contributed by atoms with Crippen LogP contribution in [0.3, 0.4) is 0 Å². The number of ether oxygens (including phenoxy) is 3. The Morgan fingerprint density at radius 1 is 1.05 bits per heavy atom. The zero-order chi connectivity index (χ0) is 31.4. The number of halogens is 1. The fourth-order valence-corrected chi connectivity index (χ4v) is 4.92. The van der Waals surface area contributed by atoms with E-state index < -0.39 is 30.0 Å². The molecule has 0 unspecified atom stereocenters. The van der Waals surface area contributed by atoms with Gasteiger partial charge in [0.05, 0.1) is 30.4 Å². The highest BCUT2D eigenvalue weighted by molar-refractivity contribution is 6.04. The quantitative estimate of drug-likeness (QED) is 0.308. The molecule has 3 atom stereocenters. The van der Waals surface area contributed by atoms with Crippen LogP contribution in [-0.2, 0) is 0 Å². The molecule has 0 radical (unpaired) electrons. The van der Waals surface area contributed by atoms with Gasteiger partial charge in [-0.25, -0.2) is 14.0 Å². The van der Waals surface area contributed by atoms with E-state index in [1.807, 2.05) is 6.92 Å². The summed E-state index contributed by atoms with van der Waals surface area (Å²) >= 11 is 0. The van der Waals surface area contributed by atoms with Crippen molar-refractivity contribution in [1.82, 2.24) is 9.80 Å². The highest BCUT2D eigenvalue weighted by atomic mass is 19.1. The molecule has 5 amide bonds. The molecule has 0 spiro atoms. The van der Waals surface area contributed by atoms with Gasteiger partial charge < -0.3 is 45.1 Å². The van der Waals surface area contributed by atoms with E-state index in [1.54, 1.807) is 55.3 Å². The van der Waals surface area contributed by atoms with Crippen molar-refractivity contribution in [3.8, 4) is 17.2 Å². The molecule has 2 heterocycles. The monoisotopic (exact) mass is 607 g/mol. The first-order valence-electron chi connectivity index (χ1n) is 14.1. The van der Waals surface area contributed by atoms with Crippen LogP contribution in [0.1, 0.15) is 24.2 Å². The Kier molecular flexibility index (Phi) is 9.04. The third-order valence-corrected chi connectivity index (χ3v) is 7.47. The lowest BCUT2D eigenvalue weighted by Crippen LogP contribution is -2.50. The topological polar surface area (TPSA) is 142 Å². The van der Waals surface area contributed by atoms with E-state index in [4.69, 9.17) is 14.2 Å². The van der Waals surface area contributed by atoms with Crippen molar-refractivity contribution in [1.29, 1.82) is 0 Å². The standard InChI is InChI=1S/C31H34FN5O7/c1-18-14-37(19(2)16-38)29(39)23-5-4-6-24(35-30(40)33-22-11-12-25-26(13-22)43-17-42-25)28(23)44-27(18)15-36(3)31(41)34-21-9-7-20(32)8-10-21/h4-13,18-19,27,38H,14-17H2,1-3H3,(H,34,41)(H2,33,35,40)/t18-,19+,27+/m1/s1. The zero-order valence-corrected chi connectivity index (χ0v) is 24.5. The second kappa shape index (κ2) is 13.1. The summed E-state index contributed by atoms with van der Waals surface area (Å²) in [6.45, 7) is 3.83. The fourth-order valence-electron chi connectivity index (χ4n) is 4.92. The van der Waals surface area contributed by atoms with Gasteiger partial charge in [0.25, 0.3) is 5.91 Å². The molecule has 0 fully saturated rings. The molecular formula is C31H34FN5O7. The van der Waals surface area contributed by atoms with Gasteiger partial charge in [0.15, 0.2) is 17.2 Å². The van der Waals surface area contributed by atoms with Gasteiger partial charge in [0.2, 0.25) is 6.79 Å². The van der Waals surface area contributed by atoms with E-state index in [1.165, 1.54) is 29.2 Å². The summed E-state index contributed by atoms with van der Waals surface area (Å²) in [6.07, 6.45) is -0.626. The fraction of sp³-hybridized carbons (Fsp3) is 0.323. The minimum Gasteiger partial charge on any atom is -0.485 e. The number of nitrogens with zero attached hydrogens (tertiary/aromatic N) is 2. The van der Waals surface area contributed by atoms with E-state index in [0.717, 1.165) is 0 Å². The van der Waals surface area contributed by atoms with Crippen molar-refractivity contribution in [2.24, 2.45) is 5.92 Å². The third kappa shape index (κ3) is 6.78. The van der Waals surface area contributed by atoms with Gasteiger partial charge >= 0.3 is 12.1 Å². The van der Waals surface area contributed by atoms with E-state index in [-0.39, 0.29) is 55.3 Å². The van der Waals surface area contributed by atoms with Crippen molar-refractivity contribution in [2.75, 3.05) is 49.5 Å². The van der Waals surface area contributed by atoms with Gasteiger partial charge in [-0.15, -0.1) is 0 Å². The number of nitrogens with one attached hydrogen (secondary N) is 3. The van der Waals surface area contributed by atoms with E-state index in [2.05, 4.69) is 16.0 Å². The number of likely N-dealkylation sites (N-methyl/N-ethyl adjacent to an activating group) is 1. The molecule has 4 N–H and O–H groups in total. The SMILES string of the molecule is C[C@@H]1CN([C@@H](C)CO)C(=O)c2cccc(NC(=O)Nc3ccc4c(c3)OCO4)c2O[C@H]1CN(C)C(=O)Nc1ccc(F)cc1. The number of rotatable bonds is 7. The smallest absolute Gasteiger partial charge is 0.323 e. The highest BCUT2D eigenvalue weighted by Crippen LogP contribution is 2.36. The number of carbonyl (C=O) groups excluding carboxylic acids is 3. The Morgan fingerprint density at radius 2 is 1.77 bits per heavy atom. The number of fused-ring (bicyclic) bond motifs is 2. The predicted octanol–water partition coefficient (Wildman–Crippen LogP) is 4.58. The van der Waals surface area contributed by atoms with E-state index >= 15 is 0 Å². The number of para-hydroxylation sites is 1. The first kappa shape index (κ1) is 30.4. The largest absolute Gasteiger partial charge is 0.485 e. The number of hydrogen-bond acceptors (Lipinski definition) is 7. The van der Waals surface area contributed by atoms with Crippen LogP contribution in [0.5, 0.6) is 17.2 Å². The second-order valence-electron chi connectivity index (χ2n) is 10.8. The summed E-state index contributed by atoms with van der Waals surface area (Å²) in [6, 6.07) is 13.7. The second-order valence-corrected chi connectivity index (χ2v) is 10.8. The van der Waals surface area contributed by atoms with E-state index in [9.17, 15) is 23.9 Å². The summed E-state index contributed by atoms with van der Waals surface area (Å²) in [5.74, 6) is 0.135. The molecule has 3 aromatic rings. The van der Waals surface area contributed by atoms with Crippen molar-refractivity contribution in [3.63, 3.8) is 0 Å². The number of urea groups is 2. The number of aliphatic hydroxyl groups is 1. The molecule has 2 aliphatic heterocycles. The predicted molar refractivity (Wildman–Crippen MR) is 161 cm³/mol. The Bertz CT molecular complexity index is 1540. The lowest BCUT2D eigenvalue weighted by molar-refractivity contribution is 0.0373. The van der Waals surface area contributed by atoms with Crippen molar-refractivity contribution >= 4 is 35.0 Å². The summed E-state index contributed by atoms with van der Waals surface area (Å²) in [7, 11) is 1.59. The first-order valence-corrected chi connectivity index (χ1v) is 14.1. The number of benzene rings is 3. The molecule has 0 aliphatic carbocycles. The summed E-state index contributed by atoms with van der Waals surface area (Å²) in [4.78, 5) is 42.8. The maximum Gasteiger partial charge on any atom is 0.323 e. The van der Waals surface area contributed by atoms with Crippen LogP contribution in [0.25, 0.3) is 0 Å². The van der Waals surface area contributed by atoms with Gasteiger partial charge in [-0.3, -0.25) is 4.79 Å². The Balaban J connectivity index is 1.39. The van der Waals surface area contributed by atoms with Crippen molar-refractivity contribution in [2.45, 2.75) is 26.0 Å². The number of carbonyl (C=O) groups is 3. The van der Waals surface area contributed by atoms with Gasteiger partial charge in [0.1, 0.15) is 11.9 Å². The van der Waals surface area contributed by atoms with Crippen LogP contribution in [-0.4, -0.2) is 78.6 Å². The molecule has 13 heteroatoms. The average molecular weight is 608 g/mol. The molecule has 0 saturated heterocycles. The Labute approximate surface area is 253 Å².